The van der Waals surface area contributed by atoms with E-state index in [-0.39, 0.29) is 5.91 Å². The van der Waals surface area contributed by atoms with Crippen LogP contribution >= 0.6 is 11.3 Å². The third-order valence-electron chi connectivity index (χ3n) is 2.28. The van der Waals surface area contributed by atoms with Crippen LogP contribution in [0.4, 0.5) is 0 Å². The van der Waals surface area contributed by atoms with Gasteiger partial charge in [0.15, 0.2) is 5.76 Å². The highest BCUT2D eigenvalue weighted by Crippen LogP contribution is 2.10. The lowest BCUT2D eigenvalue weighted by Gasteiger charge is -2.00. The van der Waals surface area contributed by atoms with Crippen molar-refractivity contribution in [2.24, 2.45) is 0 Å². The molecule has 0 unspecified atom stereocenters. The van der Waals surface area contributed by atoms with Gasteiger partial charge in [0.25, 0.3) is 5.91 Å². The molecule has 2 rings (SSSR count). The Kier molecular flexibility index (Phi) is 4.49. The molecule has 18 heavy (non-hydrogen) atoms. The molecule has 6 heteroatoms. The third-order valence-corrected chi connectivity index (χ3v) is 3.15. The molecule has 96 valence electrons. The second-order valence-electron chi connectivity index (χ2n) is 3.65. The Balaban J connectivity index is 1.76. The van der Waals surface area contributed by atoms with Gasteiger partial charge < -0.3 is 14.5 Å². The van der Waals surface area contributed by atoms with Gasteiger partial charge in [0.2, 0.25) is 0 Å². The summed E-state index contributed by atoms with van der Waals surface area (Å²) in [5.74, 6) is 0.126. The Morgan fingerprint density at radius 3 is 3.22 bits per heavy atom. The van der Waals surface area contributed by atoms with E-state index >= 15 is 0 Å². The maximum atomic E-state index is 11.6. The minimum atomic E-state index is -0.202. The van der Waals surface area contributed by atoms with Gasteiger partial charge in [-0.15, -0.1) is 11.3 Å². The predicted octanol–water partition coefficient (Wildman–Crippen LogP) is 1.85. The van der Waals surface area contributed by atoms with E-state index in [9.17, 15) is 4.79 Å². The highest BCUT2D eigenvalue weighted by Gasteiger charge is 2.08. The van der Waals surface area contributed by atoms with Gasteiger partial charge in [-0.25, -0.2) is 4.98 Å². The van der Waals surface area contributed by atoms with Gasteiger partial charge >= 0.3 is 0 Å². The molecule has 0 saturated carbocycles. The molecule has 5 nitrogen and oxygen atoms in total. The van der Waals surface area contributed by atoms with Crippen LogP contribution in [0.15, 0.2) is 28.2 Å². The number of hydrogen-bond donors (Lipinski definition) is 1. The molecule has 0 spiro atoms. The molecule has 0 aromatic carbocycles. The van der Waals surface area contributed by atoms with Crippen molar-refractivity contribution in [1.82, 2.24) is 10.3 Å². The second-order valence-corrected chi connectivity index (χ2v) is 4.59. The number of nitrogens with one attached hydrogen (secondary N) is 1. The number of furan rings is 1. The summed E-state index contributed by atoms with van der Waals surface area (Å²) in [6, 6.07) is 3.32. The Bertz CT molecular complexity index is 493. The fourth-order valence-corrected chi connectivity index (χ4v) is 2.25. The summed E-state index contributed by atoms with van der Waals surface area (Å²) in [5, 5.41) is 5.70. The first kappa shape index (κ1) is 12.8. The van der Waals surface area contributed by atoms with E-state index in [2.05, 4.69) is 10.3 Å². The van der Waals surface area contributed by atoms with Gasteiger partial charge in [0, 0.05) is 25.5 Å². The lowest BCUT2D eigenvalue weighted by atomic mass is 10.3. The first-order valence-corrected chi connectivity index (χ1v) is 6.41. The number of rotatable bonds is 6. The maximum Gasteiger partial charge on any atom is 0.286 e. The van der Waals surface area contributed by atoms with Crippen molar-refractivity contribution in [2.75, 3.05) is 13.7 Å². The van der Waals surface area contributed by atoms with Crippen LogP contribution in [-0.2, 0) is 17.8 Å². The predicted molar refractivity (Wildman–Crippen MR) is 67.6 cm³/mol. The van der Waals surface area contributed by atoms with Crippen LogP contribution in [0.3, 0.4) is 0 Å². The Labute approximate surface area is 109 Å². The molecule has 0 aliphatic heterocycles. The van der Waals surface area contributed by atoms with E-state index in [1.54, 1.807) is 30.6 Å². The summed E-state index contributed by atoms with van der Waals surface area (Å²) in [4.78, 5) is 15.9. The highest BCUT2D eigenvalue weighted by molar-refractivity contribution is 7.09. The summed E-state index contributed by atoms with van der Waals surface area (Å²) < 4.78 is 9.99. The average Bonchev–Trinajstić information content (AvgIpc) is 3.00. The third kappa shape index (κ3) is 3.41. The van der Waals surface area contributed by atoms with Crippen molar-refractivity contribution in [2.45, 2.75) is 13.0 Å². The van der Waals surface area contributed by atoms with Crippen LogP contribution in [0.2, 0.25) is 0 Å². The number of carbonyl (C=O) groups is 1. The first-order valence-electron chi connectivity index (χ1n) is 5.53. The van der Waals surface area contributed by atoms with Crippen molar-refractivity contribution in [3.05, 3.63) is 40.2 Å². The normalized spacial score (nSPS) is 10.5. The minimum Gasteiger partial charge on any atom is -0.459 e. The fourth-order valence-electron chi connectivity index (χ4n) is 1.45. The molecule has 2 aromatic rings. The fraction of sp³-hybridized carbons (Fsp3) is 0.333. The van der Waals surface area contributed by atoms with Crippen LogP contribution < -0.4 is 5.32 Å². The largest absolute Gasteiger partial charge is 0.459 e. The number of thiazole rings is 1. The molecule has 1 amide bonds. The minimum absolute atomic E-state index is 0.202. The van der Waals surface area contributed by atoms with E-state index in [4.69, 9.17) is 9.15 Å². The Morgan fingerprint density at radius 1 is 1.61 bits per heavy atom. The van der Waals surface area contributed by atoms with Gasteiger partial charge in [-0.3, -0.25) is 4.79 Å². The lowest BCUT2D eigenvalue weighted by Crippen LogP contribution is -2.25. The molecule has 0 atom stereocenters. The highest BCUT2D eigenvalue weighted by atomic mass is 32.1. The van der Waals surface area contributed by atoms with Gasteiger partial charge in [-0.05, 0) is 12.1 Å². The van der Waals surface area contributed by atoms with Gasteiger partial charge in [-0.1, -0.05) is 0 Å². The van der Waals surface area contributed by atoms with Gasteiger partial charge in [0.1, 0.15) is 5.01 Å². The molecule has 2 heterocycles. The first-order chi connectivity index (χ1) is 8.79. The second kappa shape index (κ2) is 6.32. The molecule has 0 saturated heterocycles. The molecular formula is C12H14N2O3S. The molecule has 0 radical (unpaired) electrons. The maximum absolute atomic E-state index is 11.6. The van der Waals surface area contributed by atoms with E-state index in [1.807, 2.05) is 5.38 Å². The van der Waals surface area contributed by atoms with Crippen molar-refractivity contribution >= 4 is 17.2 Å². The molecule has 0 aliphatic carbocycles. The number of carbonyl (C=O) groups excluding carboxylic acids is 1. The van der Waals surface area contributed by atoms with E-state index in [1.165, 1.54) is 6.26 Å². The van der Waals surface area contributed by atoms with Crippen LogP contribution in [0.5, 0.6) is 0 Å². The SMILES string of the molecule is COCc1nc(CCNC(=O)c2ccco2)cs1. The van der Waals surface area contributed by atoms with Gasteiger partial charge in [0.05, 0.1) is 18.6 Å². The summed E-state index contributed by atoms with van der Waals surface area (Å²) >= 11 is 1.56. The van der Waals surface area contributed by atoms with Crippen LogP contribution in [-0.4, -0.2) is 24.5 Å². The number of hydrogen-bond acceptors (Lipinski definition) is 5. The van der Waals surface area contributed by atoms with E-state index in [0.29, 0.717) is 25.3 Å². The zero-order chi connectivity index (χ0) is 12.8. The van der Waals surface area contributed by atoms with E-state index in [0.717, 1.165) is 10.7 Å². The molecule has 0 aliphatic rings. The smallest absolute Gasteiger partial charge is 0.286 e. The lowest BCUT2D eigenvalue weighted by molar-refractivity contribution is 0.0926. The van der Waals surface area contributed by atoms with Crippen molar-refractivity contribution in [3.8, 4) is 0 Å². The van der Waals surface area contributed by atoms with Crippen molar-refractivity contribution in [3.63, 3.8) is 0 Å². The molecule has 0 fully saturated rings. The number of nitrogens with zero attached hydrogens (tertiary/aromatic N) is 1. The summed E-state index contributed by atoms with van der Waals surface area (Å²) in [7, 11) is 1.64. The number of ether oxygens (including phenoxy) is 1. The summed E-state index contributed by atoms with van der Waals surface area (Å²) in [6.45, 7) is 1.07. The number of methoxy groups -OCH3 is 1. The number of amides is 1. The molecule has 2 aromatic heterocycles. The zero-order valence-electron chi connectivity index (χ0n) is 10.0. The Morgan fingerprint density at radius 2 is 2.50 bits per heavy atom. The van der Waals surface area contributed by atoms with Crippen molar-refractivity contribution < 1.29 is 13.9 Å². The summed E-state index contributed by atoms with van der Waals surface area (Å²) in [6.07, 6.45) is 2.18. The van der Waals surface area contributed by atoms with E-state index < -0.39 is 0 Å². The monoisotopic (exact) mass is 266 g/mol. The Hall–Kier alpha value is -1.66. The van der Waals surface area contributed by atoms with Crippen LogP contribution in [0, 0.1) is 0 Å². The van der Waals surface area contributed by atoms with Crippen LogP contribution in [0.1, 0.15) is 21.3 Å². The summed E-state index contributed by atoms with van der Waals surface area (Å²) in [5.41, 5.74) is 0.965. The molecule has 0 bridgehead atoms. The number of aromatic nitrogens is 1. The van der Waals surface area contributed by atoms with Gasteiger partial charge in [-0.2, -0.15) is 0 Å². The topological polar surface area (TPSA) is 64.4 Å². The average molecular weight is 266 g/mol. The quantitative estimate of drug-likeness (QED) is 0.866. The van der Waals surface area contributed by atoms with Crippen molar-refractivity contribution in [1.29, 1.82) is 0 Å². The zero-order valence-corrected chi connectivity index (χ0v) is 10.8. The molecular weight excluding hydrogens is 252 g/mol. The van der Waals surface area contributed by atoms with Crippen LogP contribution in [0.25, 0.3) is 0 Å². The molecule has 1 N–H and O–H groups in total. The standard InChI is InChI=1S/C12H14N2O3S/c1-16-7-11-14-9(8-18-11)4-5-13-12(15)10-3-2-6-17-10/h2-3,6,8H,4-5,7H2,1H3,(H,13,15).